The summed E-state index contributed by atoms with van der Waals surface area (Å²) in [6.45, 7) is 1.74. The fourth-order valence-electron chi connectivity index (χ4n) is 3.11. The first kappa shape index (κ1) is 19.0. The highest BCUT2D eigenvalue weighted by Crippen LogP contribution is 2.31. The minimum Gasteiger partial charge on any atom is -0.351 e. The van der Waals surface area contributed by atoms with Crippen molar-refractivity contribution in [3.05, 3.63) is 60.4 Å². The number of aromatic nitrogens is 4. The summed E-state index contributed by atoms with van der Waals surface area (Å²) in [6.07, 6.45) is 1.09. The van der Waals surface area contributed by atoms with Gasteiger partial charge in [-0.15, -0.1) is 0 Å². The molecule has 0 spiro atoms. The Morgan fingerprint density at radius 1 is 0.897 bits per heavy atom. The maximum absolute atomic E-state index is 14.2. The lowest BCUT2D eigenvalue weighted by atomic mass is 10.2. The van der Waals surface area contributed by atoms with Crippen LogP contribution in [0.4, 0.5) is 29.3 Å². The number of pyridine rings is 2. The Kier molecular flexibility index (Phi) is 4.99. The van der Waals surface area contributed by atoms with E-state index < -0.39 is 17.6 Å². The van der Waals surface area contributed by atoms with Gasteiger partial charge < -0.3 is 9.80 Å². The zero-order chi connectivity index (χ0) is 20.4. The van der Waals surface area contributed by atoms with E-state index in [-0.39, 0.29) is 5.82 Å². The van der Waals surface area contributed by atoms with Gasteiger partial charge in [-0.1, -0.05) is 0 Å². The van der Waals surface area contributed by atoms with Crippen LogP contribution in [0.3, 0.4) is 0 Å². The Morgan fingerprint density at radius 3 is 2.31 bits per heavy atom. The van der Waals surface area contributed by atoms with Gasteiger partial charge >= 0.3 is 6.18 Å². The second kappa shape index (κ2) is 7.61. The molecule has 0 saturated carbocycles. The fraction of sp³-hybridized carbons (Fsp3) is 0.263. The molecule has 1 fully saturated rings. The third-order valence-corrected chi connectivity index (χ3v) is 4.61. The maximum Gasteiger partial charge on any atom is 0.417 e. The summed E-state index contributed by atoms with van der Waals surface area (Å²) in [6, 6.07) is 5.99. The lowest BCUT2D eigenvalue weighted by molar-refractivity contribution is -0.138. The van der Waals surface area contributed by atoms with Gasteiger partial charge in [-0.2, -0.15) is 13.2 Å². The summed E-state index contributed by atoms with van der Waals surface area (Å²) in [7, 11) is 0. The predicted molar refractivity (Wildman–Crippen MR) is 98.9 cm³/mol. The van der Waals surface area contributed by atoms with Crippen molar-refractivity contribution < 1.29 is 17.6 Å². The zero-order valence-electron chi connectivity index (χ0n) is 15.1. The second-order valence-electron chi connectivity index (χ2n) is 6.48. The van der Waals surface area contributed by atoms with Crippen molar-refractivity contribution in [1.82, 2.24) is 19.9 Å². The molecule has 4 rings (SSSR count). The van der Waals surface area contributed by atoms with Crippen LogP contribution in [0.25, 0.3) is 11.3 Å². The van der Waals surface area contributed by atoms with Crippen molar-refractivity contribution in [2.75, 3.05) is 36.0 Å². The van der Waals surface area contributed by atoms with Crippen LogP contribution in [-0.2, 0) is 6.18 Å². The minimum atomic E-state index is -4.62. The number of alkyl halides is 3. The average Bonchev–Trinajstić information content (AvgIpc) is 2.74. The molecule has 1 aliphatic heterocycles. The number of hydrogen-bond donors (Lipinski definition) is 0. The summed E-state index contributed by atoms with van der Waals surface area (Å²) in [4.78, 5) is 20.2. The normalized spacial score (nSPS) is 14.9. The molecule has 0 radical (unpaired) electrons. The molecule has 0 aliphatic carbocycles. The lowest BCUT2D eigenvalue weighted by Crippen LogP contribution is -2.47. The largest absolute Gasteiger partial charge is 0.417 e. The summed E-state index contributed by atoms with van der Waals surface area (Å²) in [5.74, 6) is -0.530. The quantitative estimate of drug-likeness (QED) is 0.624. The molecule has 4 heterocycles. The average molecular weight is 404 g/mol. The van der Waals surface area contributed by atoms with Crippen LogP contribution in [0, 0.1) is 5.82 Å². The van der Waals surface area contributed by atoms with E-state index in [2.05, 4.69) is 19.9 Å². The number of rotatable bonds is 3. The first-order valence-electron chi connectivity index (χ1n) is 8.88. The lowest BCUT2D eigenvalue weighted by Gasteiger charge is -2.35. The summed E-state index contributed by atoms with van der Waals surface area (Å²) >= 11 is 0. The predicted octanol–water partition coefficient (Wildman–Crippen LogP) is 3.42. The van der Waals surface area contributed by atoms with Gasteiger partial charge in [0.2, 0.25) is 5.95 Å². The number of hydrogen-bond acceptors (Lipinski definition) is 6. The number of halogens is 4. The van der Waals surface area contributed by atoms with Crippen LogP contribution in [0.15, 0.2) is 49.1 Å². The fourth-order valence-corrected chi connectivity index (χ4v) is 3.11. The monoisotopic (exact) mass is 404 g/mol. The van der Waals surface area contributed by atoms with Crippen molar-refractivity contribution in [2.24, 2.45) is 0 Å². The number of piperazine rings is 1. The van der Waals surface area contributed by atoms with E-state index in [1.165, 1.54) is 0 Å². The third kappa shape index (κ3) is 4.10. The van der Waals surface area contributed by atoms with Crippen molar-refractivity contribution in [3.8, 4) is 11.3 Å². The maximum atomic E-state index is 14.2. The van der Waals surface area contributed by atoms with E-state index in [1.807, 2.05) is 17.0 Å². The van der Waals surface area contributed by atoms with Crippen LogP contribution < -0.4 is 9.80 Å². The van der Waals surface area contributed by atoms with Gasteiger partial charge in [0, 0.05) is 56.5 Å². The van der Waals surface area contributed by atoms with Crippen LogP contribution >= 0.6 is 0 Å². The molecular weight excluding hydrogens is 388 g/mol. The second-order valence-corrected chi connectivity index (χ2v) is 6.48. The summed E-state index contributed by atoms with van der Waals surface area (Å²) < 4.78 is 52.3. The van der Waals surface area contributed by atoms with Gasteiger partial charge in [0.15, 0.2) is 11.6 Å². The van der Waals surface area contributed by atoms with Gasteiger partial charge in [0.05, 0.1) is 11.3 Å². The van der Waals surface area contributed by atoms with Crippen LogP contribution in [0.2, 0.25) is 0 Å². The van der Waals surface area contributed by atoms with Gasteiger partial charge in [0.25, 0.3) is 0 Å². The molecule has 150 valence electrons. The number of anilines is 2. The van der Waals surface area contributed by atoms with Gasteiger partial charge in [0.1, 0.15) is 0 Å². The van der Waals surface area contributed by atoms with Crippen molar-refractivity contribution >= 4 is 11.8 Å². The van der Waals surface area contributed by atoms with Gasteiger partial charge in [-0.3, -0.25) is 4.98 Å². The molecule has 0 atom stereocenters. The van der Waals surface area contributed by atoms with Crippen molar-refractivity contribution in [3.63, 3.8) is 0 Å². The third-order valence-electron chi connectivity index (χ3n) is 4.61. The zero-order valence-corrected chi connectivity index (χ0v) is 15.1. The summed E-state index contributed by atoms with van der Waals surface area (Å²) in [5.41, 5.74) is 0.504. The molecule has 3 aromatic heterocycles. The highest BCUT2D eigenvalue weighted by atomic mass is 19.4. The Morgan fingerprint density at radius 2 is 1.66 bits per heavy atom. The summed E-state index contributed by atoms with van der Waals surface area (Å²) in [5, 5.41) is 0. The molecule has 0 bridgehead atoms. The molecule has 1 saturated heterocycles. The molecule has 6 nitrogen and oxygen atoms in total. The van der Waals surface area contributed by atoms with E-state index in [0.29, 0.717) is 44.4 Å². The van der Waals surface area contributed by atoms with Crippen molar-refractivity contribution in [1.29, 1.82) is 0 Å². The van der Waals surface area contributed by atoms with E-state index in [0.717, 1.165) is 11.3 Å². The van der Waals surface area contributed by atoms with Crippen molar-refractivity contribution in [2.45, 2.75) is 6.18 Å². The van der Waals surface area contributed by atoms with E-state index in [9.17, 15) is 17.6 Å². The number of nitrogens with zero attached hydrogens (tertiary/aromatic N) is 6. The highest BCUT2D eigenvalue weighted by molar-refractivity contribution is 5.59. The molecule has 3 aromatic rings. The Bertz CT molecular complexity index is 987. The molecular formula is C19H16F4N6. The van der Waals surface area contributed by atoms with E-state index >= 15 is 0 Å². The molecule has 0 N–H and O–H groups in total. The molecule has 0 aromatic carbocycles. The van der Waals surface area contributed by atoms with Crippen LogP contribution in [-0.4, -0.2) is 46.1 Å². The van der Waals surface area contributed by atoms with Gasteiger partial charge in [-0.05, 0) is 24.3 Å². The Labute approximate surface area is 163 Å². The SMILES string of the molecule is Fc1cc(C(F)(F)F)cnc1N1CCN(c2nccc(-c3cccnc3)n2)CC1. The molecule has 1 aliphatic rings. The van der Waals surface area contributed by atoms with Crippen LogP contribution in [0.1, 0.15) is 5.56 Å². The minimum absolute atomic E-state index is 0.0809. The Hall–Kier alpha value is -3.30. The van der Waals surface area contributed by atoms with Gasteiger partial charge in [-0.25, -0.2) is 19.3 Å². The van der Waals surface area contributed by atoms with E-state index in [1.54, 1.807) is 29.6 Å². The molecule has 0 unspecified atom stereocenters. The highest BCUT2D eigenvalue weighted by Gasteiger charge is 2.32. The standard InChI is InChI=1S/C19H16F4N6/c20-15-10-14(19(21,22)23)12-26-17(15)28-6-8-29(9-7-28)18-25-5-3-16(27-18)13-2-1-4-24-11-13/h1-5,10-12H,6-9H2. The molecule has 29 heavy (non-hydrogen) atoms. The molecule has 10 heteroatoms. The van der Waals surface area contributed by atoms with Crippen LogP contribution in [0.5, 0.6) is 0 Å². The molecule has 0 amide bonds. The smallest absolute Gasteiger partial charge is 0.351 e. The topological polar surface area (TPSA) is 58.0 Å². The first-order valence-corrected chi connectivity index (χ1v) is 8.88. The Balaban J connectivity index is 1.46. The van der Waals surface area contributed by atoms with E-state index in [4.69, 9.17) is 0 Å². The first-order chi connectivity index (χ1) is 13.9.